The van der Waals surface area contributed by atoms with Crippen LogP contribution in [0.25, 0.3) is 0 Å². The first kappa shape index (κ1) is 15.5. The number of likely N-dealkylation sites (tertiary alicyclic amines) is 1. The van der Waals surface area contributed by atoms with Gasteiger partial charge >= 0.3 is 0 Å². The van der Waals surface area contributed by atoms with Crippen molar-refractivity contribution in [1.29, 1.82) is 0 Å². The van der Waals surface area contributed by atoms with Crippen molar-refractivity contribution < 1.29 is 17.6 Å². The van der Waals surface area contributed by atoms with Gasteiger partial charge in [-0.3, -0.25) is 4.79 Å². The molecule has 1 aliphatic heterocycles. The van der Waals surface area contributed by atoms with Crippen molar-refractivity contribution in [1.82, 2.24) is 14.2 Å². The molecule has 1 saturated heterocycles. The quantitative estimate of drug-likeness (QED) is 0.825. The van der Waals surface area contributed by atoms with Crippen LogP contribution in [0.15, 0.2) is 10.8 Å². The lowest BCUT2D eigenvalue weighted by atomic mass is 10.1. The molecule has 2 fully saturated rings. The monoisotopic (exact) mass is 327 g/mol. The number of rotatable bonds is 4. The highest BCUT2D eigenvalue weighted by Crippen LogP contribution is 2.41. The minimum atomic E-state index is -3.35. The smallest absolute Gasteiger partial charge is 0.276 e. The third kappa shape index (κ3) is 2.77. The van der Waals surface area contributed by atoms with Crippen LogP contribution in [0.4, 0.5) is 0 Å². The van der Waals surface area contributed by atoms with Crippen LogP contribution in [0.5, 0.6) is 0 Å². The van der Waals surface area contributed by atoms with Crippen molar-refractivity contribution in [2.75, 3.05) is 27.2 Å². The average molecular weight is 327 g/mol. The van der Waals surface area contributed by atoms with Crippen LogP contribution in [0.1, 0.15) is 47.8 Å². The zero-order chi connectivity index (χ0) is 15.9. The van der Waals surface area contributed by atoms with Gasteiger partial charge in [0.1, 0.15) is 5.76 Å². The van der Waals surface area contributed by atoms with Gasteiger partial charge in [0.25, 0.3) is 5.91 Å². The predicted molar refractivity (Wildman–Crippen MR) is 80.0 cm³/mol. The van der Waals surface area contributed by atoms with E-state index >= 15 is 0 Å². The lowest BCUT2D eigenvalue weighted by Crippen LogP contribution is -2.48. The van der Waals surface area contributed by atoms with Gasteiger partial charge in [0.05, 0.1) is 5.25 Å². The highest BCUT2D eigenvalue weighted by atomic mass is 32.2. The summed E-state index contributed by atoms with van der Waals surface area (Å²) in [6, 6.07) is 0. The van der Waals surface area contributed by atoms with Crippen molar-refractivity contribution >= 4 is 15.9 Å². The van der Waals surface area contributed by atoms with Crippen LogP contribution in [0.2, 0.25) is 0 Å². The molecule has 0 radical (unpaired) electrons. The largest absolute Gasteiger partial charge is 0.447 e. The van der Waals surface area contributed by atoms with Gasteiger partial charge in [-0.25, -0.2) is 17.7 Å². The number of hydrogen-bond donors (Lipinski definition) is 0. The molecule has 8 heteroatoms. The van der Waals surface area contributed by atoms with E-state index in [0.717, 1.165) is 12.8 Å². The summed E-state index contributed by atoms with van der Waals surface area (Å²) in [4.78, 5) is 18.3. The molecule has 0 aromatic carbocycles. The molecule has 22 heavy (non-hydrogen) atoms. The molecule has 7 nitrogen and oxygen atoms in total. The van der Waals surface area contributed by atoms with Crippen molar-refractivity contribution in [2.45, 2.75) is 36.9 Å². The van der Waals surface area contributed by atoms with Gasteiger partial charge in [-0.2, -0.15) is 0 Å². The summed E-state index contributed by atoms with van der Waals surface area (Å²) in [5.74, 6) is 0.740. The second-order valence-corrected chi connectivity index (χ2v) is 8.61. The third-order valence-electron chi connectivity index (χ3n) is 4.34. The maximum atomic E-state index is 12.7. The minimum Gasteiger partial charge on any atom is -0.447 e. The topological polar surface area (TPSA) is 83.7 Å². The molecule has 0 bridgehead atoms. The van der Waals surface area contributed by atoms with E-state index in [2.05, 4.69) is 4.98 Å². The van der Waals surface area contributed by atoms with Gasteiger partial charge < -0.3 is 9.32 Å². The maximum absolute atomic E-state index is 12.7. The highest BCUT2D eigenvalue weighted by molar-refractivity contribution is 7.89. The fourth-order valence-electron chi connectivity index (χ4n) is 2.86. The minimum absolute atomic E-state index is 0.214. The molecular weight excluding hydrogens is 306 g/mol. The molecule has 3 rings (SSSR count). The van der Waals surface area contributed by atoms with E-state index in [4.69, 9.17) is 4.42 Å². The average Bonchev–Trinajstić information content (AvgIpc) is 3.23. The zero-order valence-electron chi connectivity index (χ0n) is 12.9. The number of oxazole rings is 1. The van der Waals surface area contributed by atoms with Gasteiger partial charge in [-0.1, -0.05) is 0 Å². The molecule has 1 unspecified atom stereocenters. The molecule has 0 spiro atoms. The van der Waals surface area contributed by atoms with Gasteiger partial charge in [-0.15, -0.1) is 0 Å². The van der Waals surface area contributed by atoms with E-state index < -0.39 is 15.3 Å². The Labute approximate surface area is 130 Å². The van der Waals surface area contributed by atoms with E-state index in [0.29, 0.717) is 36.8 Å². The Hall–Kier alpha value is -1.41. The van der Waals surface area contributed by atoms with Crippen LogP contribution in [-0.4, -0.2) is 60.9 Å². The lowest BCUT2D eigenvalue weighted by Gasteiger charge is -2.33. The van der Waals surface area contributed by atoms with Crippen LogP contribution in [-0.2, 0) is 10.0 Å². The lowest BCUT2D eigenvalue weighted by molar-refractivity contribution is 0.0718. The Morgan fingerprint density at radius 2 is 2.09 bits per heavy atom. The normalized spacial score (nSPS) is 23.0. The Morgan fingerprint density at radius 3 is 2.73 bits per heavy atom. The summed E-state index contributed by atoms with van der Waals surface area (Å²) in [6.45, 7) is 0.783. The number of aromatic nitrogens is 1. The summed E-state index contributed by atoms with van der Waals surface area (Å²) in [7, 11) is -0.300. The SMILES string of the molecule is CN(C)S(=O)(=O)C1CCCN(C(=O)c2ncoc2C2CC2)C1. The second kappa shape index (κ2) is 5.66. The Morgan fingerprint density at radius 1 is 1.36 bits per heavy atom. The molecule has 1 atom stereocenters. The molecule has 1 aromatic rings. The van der Waals surface area contributed by atoms with E-state index in [1.807, 2.05) is 0 Å². The predicted octanol–water partition coefficient (Wildman–Crippen LogP) is 1.05. The number of amides is 1. The Balaban J connectivity index is 1.77. The standard InChI is InChI=1S/C14H21N3O4S/c1-16(2)22(19,20)11-4-3-7-17(8-11)14(18)12-13(10-5-6-10)21-9-15-12/h9-11H,3-8H2,1-2H3. The first-order chi connectivity index (χ1) is 10.4. The zero-order valence-corrected chi connectivity index (χ0v) is 13.7. The van der Waals surface area contributed by atoms with Crippen LogP contribution in [0.3, 0.4) is 0 Å². The van der Waals surface area contributed by atoms with Crippen LogP contribution >= 0.6 is 0 Å². The molecule has 1 aliphatic carbocycles. The molecule has 0 N–H and O–H groups in total. The van der Waals surface area contributed by atoms with Gasteiger partial charge in [-0.05, 0) is 25.7 Å². The molecule has 1 aromatic heterocycles. The van der Waals surface area contributed by atoms with E-state index in [1.165, 1.54) is 24.8 Å². The van der Waals surface area contributed by atoms with Gasteiger partial charge in [0, 0.05) is 33.1 Å². The van der Waals surface area contributed by atoms with E-state index in [9.17, 15) is 13.2 Å². The van der Waals surface area contributed by atoms with Crippen LogP contribution in [0, 0.1) is 0 Å². The number of piperidine rings is 1. The summed E-state index contributed by atoms with van der Waals surface area (Å²) in [6.07, 6.45) is 4.61. The van der Waals surface area contributed by atoms with Gasteiger partial charge in [0.15, 0.2) is 12.1 Å². The first-order valence-corrected chi connectivity index (χ1v) is 9.05. The summed E-state index contributed by atoms with van der Waals surface area (Å²) in [5.41, 5.74) is 0.352. The van der Waals surface area contributed by atoms with Crippen molar-refractivity contribution in [3.63, 3.8) is 0 Å². The molecule has 2 heterocycles. The highest BCUT2D eigenvalue weighted by Gasteiger charge is 2.38. The van der Waals surface area contributed by atoms with E-state index in [1.54, 1.807) is 4.90 Å². The van der Waals surface area contributed by atoms with Crippen LogP contribution < -0.4 is 0 Å². The maximum Gasteiger partial charge on any atom is 0.276 e. The number of carbonyl (C=O) groups excluding carboxylic acids is 1. The first-order valence-electron chi connectivity index (χ1n) is 7.55. The van der Waals surface area contributed by atoms with Crippen molar-refractivity contribution in [2.24, 2.45) is 0 Å². The fourth-order valence-corrected chi connectivity index (χ4v) is 4.29. The molecule has 122 valence electrons. The summed E-state index contributed by atoms with van der Waals surface area (Å²) >= 11 is 0. The van der Waals surface area contributed by atoms with E-state index in [-0.39, 0.29) is 12.5 Å². The number of sulfonamides is 1. The molecule has 1 amide bonds. The number of nitrogens with zero attached hydrogens (tertiary/aromatic N) is 3. The second-order valence-electron chi connectivity index (χ2n) is 6.18. The van der Waals surface area contributed by atoms with Crippen molar-refractivity contribution in [3.8, 4) is 0 Å². The summed E-state index contributed by atoms with van der Waals surface area (Å²) in [5, 5.41) is -0.545. The number of carbonyl (C=O) groups is 1. The van der Waals surface area contributed by atoms with Crippen molar-refractivity contribution in [3.05, 3.63) is 17.8 Å². The summed E-state index contributed by atoms with van der Waals surface area (Å²) < 4.78 is 31.1. The van der Waals surface area contributed by atoms with Gasteiger partial charge in [0.2, 0.25) is 10.0 Å². The third-order valence-corrected chi connectivity index (χ3v) is 6.59. The Kier molecular flexibility index (Phi) is 3.98. The fraction of sp³-hybridized carbons (Fsp3) is 0.714. The molecule has 1 saturated carbocycles. The number of hydrogen-bond acceptors (Lipinski definition) is 5. The Bertz CT molecular complexity index is 663. The molecular formula is C14H21N3O4S. The molecule has 2 aliphatic rings.